The number of nitrogens with zero attached hydrogens (tertiary/aromatic N) is 1. The molecule has 2 N–H and O–H groups in total. The molecule has 188 valence electrons. The highest BCUT2D eigenvalue weighted by atomic mass is 32.2. The molecule has 0 radical (unpaired) electrons. The van der Waals surface area contributed by atoms with Gasteiger partial charge < -0.3 is 5.32 Å². The predicted octanol–water partition coefficient (Wildman–Crippen LogP) is 4.70. The van der Waals surface area contributed by atoms with Crippen molar-refractivity contribution >= 4 is 29.9 Å². The summed E-state index contributed by atoms with van der Waals surface area (Å²) in [4.78, 5) is 38.5. The van der Waals surface area contributed by atoms with E-state index in [1.165, 1.54) is 57.8 Å². The van der Waals surface area contributed by atoms with Crippen molar-refractivity contribution in [2.24, 2.45) is 0 Å². The molecule has 6 nitrogen and oxygen atoms in total. The first-order valence-electron chi connectivity index (χ1n) is 13.1. The van der Waals surface area contributed by atoms with Crippen LogP contribution in [0.25, 0.3) is 0 Å². The first-order chi connectivity index (χ1) is 16.6. The van der Waals surface area contributed by atoms with Gasteiger partial charge in [0.1, 0.15) is 6.29 Å². The molecular weight excluding hydrogens is 446 g/mol. The van der Waals surface area contributed by atoms with Gasteiger partial charge in [0.2, 0.25) is 11.8 Å². The zero-order valence-corrected chi connectivity index (χ0v) is 21.5. The Morgan fingerprint density at radius 1 is 1.06 bits per heavy atom. The molecular formula is C27H41N3O3S. The normalized spacial score (nSPS) is 19.4. The highest BCUT2D eigenvalue weighted by Crippen LogP contribution is 2.28. The van der Waals surface area contributed by atoms with Gasteiger partial charge in [-0.15, -0.1) is 11.8 Å². The van der Waals surface area contributed by atoms with Crippen LogP contribution in [0.2, 0.25) is 0 Å². The Balaban J connectivity index is 1.38. The quantitative estimate of drug-likeness (QED) is 0.171. The van der Waals surface area contributed by atoms with E-state index >= 15 is 0 Å². The number of carbonyl (C=O) groups excluding carboxylic acids is 3. The lowest BCUT2D eigenvalue weighted by Crippen LogP contribution is -2.51. The number of likely N-dealkylation sites (N-methyl/N-ethyl adjacent to an activating group) is 1. The molecule has 1 aromatic carbocycles. The second-order valence-electron chi connectivity index (χ2n) is 9.73. The molecule has 1 aliphatic carbocycles. The predicted molar refractivity (Wildman–Crippen MR) is 138 cm³/mol. The summed E-state index contributed by atoms with van der Waals surface area (Å²) in [6.45, 7) is 1.67. The topological polar surface area (TPSA) is 78.5 Å². The third-order valence-corrected chi connectivity index (χ3v) is 8.25. The smallest absolute Gasteiger partial charge is 0.243 e. The summed E-state index contributed by atoms with van der Waals surface area (Å²) in [7, 11) is 1.89. The maximum absolute atomic E-state index is 12.2. The first-order valence-corrected chi connectivity index (χ1v) is 14.0. The zero-order valence-electron chi connectivity index (χ0n) is 20.7. The molecule has 0 aromatic heterocycles. The van der Waals surface area contributed by atoms with Crippen LogP contribution >= 0.6 is 11.8 Å². The van der Waals surface area contributed by atoms with Gasteiger partial charge in [-0.3, -0.25) is 24.6 Å². The molecule has 1 aliphatic heterocycles. The van der Waals surface area contributed by atoms with Crippen molar-refractivity contribution in [2.45, 2.75) is 101 Å². The van der Waals surface area contributed by atoms with Gasteiger partial charge in [-0.1, -0.05) is 50.7 Å². The Hall–Kier alpha value is -1.70. The largest absolute Gasteiger partial charge is 0.314 e. The number of amides is 2. The zero-order chi connectivity index (χ0) is 24.2. The summed E-state index contributed by atoms with van der Waals surface area (Å²) < 4.78 is 0. The molecule has 2 aliphatic rings. The van der Waals surface area contributed by atoms with Crippen LogP contribution in [0.3, 0.4) is 0 Å². The van der Waals surface area contributed by atoms with Gasteiger partial charge in [-0.05, 0) is 63.1 Å². The summed E-state index contributed by atoms with van der Waals surface area (Å²) >= 11 is 1.80. The number of carbonyl (C=O) groups is 3. The highest BCUT2D eigenvalue weighted by Gasteiger charge is 2.30. The number of unbranched alkanes of at least 4 members (excludes halogenated alkanes) is 4. The molecule has 1 unspecified atom stereocenters. The number of piperidine rings is 1. The lowest BCUT2D eigenvalue weighted by Gasteiger charge is -2.30. The van der Waals surface area contributed by atoms with E-state index in [0.29, 0.717) is 24.9 Å². The van der Waals surface area contributed by atoms with Gasteiger partial charge in [0.25, 0.3) is 0 Å². The maximum atomic E-state index is 12.2. The van der Waals surface area contributed by atoms with Crippen LogP contribution < -0.4 is 10.6 Å². The van der Waals surface area contributed by atoms with Crippen molar-refractivity contribution in [1.29, 1.82) is 0 Å². The Morgan fingerprint density at radius 3 is 2.59 bits per heavy atom. The van der Waals surface area contributed by atoms with Crippen molar-refractivity contribution < 1.29 is 14.4 Å². The fourth-order valence-corrected chi connectivity index (χ4v) is 6.11. The van der Waals surface area contributed by atoms with E-state index in [2.05, 4.69) is 16.7 Å². The molecule has 1 heterocycles. The molecule has 1 saturated heterocycles. The average molecular weight is 488 g/mol. The molecule has 1 atom stereocenters. The van der Waals surface area contributed by atoms with Crippen LogP contribution in [0.5, 0.6) is 0 Å². The summed E-state index contributed by atoms with van der Waals surface area (Å²) in [5, 5.41) is 6.15. The first kappa shape index (κ1) is 26.9. The van der Waals surface area contributed by atoms with E-state index in [1.807, 2.05) is 24.1 Å². The van der Waals surface area contributed by atoms with Crippen LogP contribution in [0.1, 0.15) is 93.0 Å². The number of benzene rings is 1. The lowest BCUT2D eigenvalue weighted by atomic mass is 9.95. The van der Waals surface area contributed by atoms with Crippen LogP contribution in [-0.2, 0) is 16.1 Å². The van der Waals surface area contributed by atoms with E-state index in [-0.39, 0.29) is 17.9 Å². The van der Waals surface area contributed by atoms with Crippen molar-refractivity contribution in [3.8, 4) is 0 Å². The average Bonchev–Trinajstić information content (AvgIpc) is 2.84. The highest BCUT2D eigenvalue weighted by molar-refractivity contribution is 7.99. The number of rotatable bonds is 14. The molecule has 3 rings (SSSR count). The molecule has 1 aromatic rings. The second kappa shape index (κ2) is 14.6. The van der Waals surface area contributed by atoms with Crippen molar-refractivity contribution in [3.63, 3.8) is 0 Å². The Morgan fingerprint density at radius 2 is 1.82 bits per heavy atom. The van der Waals surface area contributed by atoms with Crippen LogP contribution in [-0.4, -0.2) is 54.4 Å². The van der Waals surface area contributed by atoms with Gasteiger partial charge in [-0.25, -0.2) is 0 Å². The monoisotopic (exact) mass is 487 g/mol. The summed E-state index contributed by atoms with van der Waals surface area (Å²) in [5.74, 6) is 0.572. The molecule has 7 heteroatoms. The van der Waals surface area contributed by atoms with Crippen molar-refractivity contribution in [2.75, 3.05) is 19.3 Å². The Bertz CT molecular complexity index is 810. The summed E-state index contributed by atoms with van der Waals surface area (Å²) in [6.07, 6.45) is 14.9. The number of nitrogens with one attached hydrogen (secondary N) is 2. The molecule has 0 spiro atoms. The molecule has 34 heavy (non-hydrogen) atoms. The minimum Gasteiger partial charge on any atom is -0.314 e. The molecule has 2 fully saturated rings. The van der Waals surface area contributed by atoms with Gasteiger partial charge in [-0.2, -0.15) is 0 Å². The third kappa shape index (κ3) is 8.51. The van der Waals surface area contributed by atoms with E-state index in [1.54, 1.807) is 11.8 Å². The summed E-state index contributed by atoms with van der Waals surface area (Å²) in [6, 6.07) is 6.26. The molecule has 0 bridgehead atoms. The van der Waals surface area contributed by atoms with E-state index in [9.17, 15) is 14.4 Å². The van der Waals surface area contributed by atoms with Gasteiger partial charge >= 0.3 is 0 Å². The Labute approximate surface area is 209 Å². The van der Waals surface area contributed by atoms with E-state index in [4.69, 9.17) is 0 Å². The third-order valence-electron chi connectivity index (χ3n) is 7.06. The van der Waals surface area contributed by atoms with Crippen molar-refractivity contribution in [3.05, 3.63) is 29.3 Å². The SMILES string of the molecule is CN(Cc1c(C=O)cccc1SCCCCCCCNC1CCCCC1)C1CCC(=O)NC1=O. The van der Waals surface area contributed by atoms with Gasteiger partial charge in [0, 0.05) is 29.5 Å². The number of hydrogen-bond donors (Lipinski definition) is 2. The minimum absolute atomic E-state index is 0.209. The second-order valence-corrected chi connectivity index (χ2v) is 10.9. The van der Waals surface area contributed by atoms with Gasteiger partial charge in [0.15, 0.2) is 0 Å². The molecule has 2 amide bonds. The standard InChI is InChI=1S/C27H41N3O3S/c1-30(24-15-16-26(32)29-27(24)33)19-23-21(20-31)11-10-14-25(23)34-18-9-4-2-3-8-17-28-22-12-6-5-7-13-22/h10-11,14,20,22,24,28H,2-9,12-13,15-19H2,1H3,(H,29,32,33). The number of hydrogen-bond acceptors (Lipinski definition) is 6. The maximum Gasteiger partial charge on any atom is 0.243 e. The van der Waals surface area contributed by atoms with Crippen LogP contribution in [0.15, 0.2) is 23.1 Å². The number of imide groups is 1. The number of aldehydes is 1. The Kier molecular flexibility index (Phi) is 11.6. The lowest BCUT2D eigenvalue weighted by molar-refractivity contribution is -0.137. The summed E-state index contributed by atoms with van der Waals surface area (Å²) in [5.41, 5.74) is 1.65. The fourth-order valence-electron chi connectivity index (χ4n) is 5.01. The van der Waals surface area contributed by atoms with Crippen LogP contribution in [0.4, 0.5) is 0 Å². The van der Waals surface area contributed by atoms with E-state index < -0.39 is 0 Å². The van der Waals surface area contributed by atoms with E-state index in [0.717, 1.165) is 41.5 Å². The number of thioether (sulfide) groups is 1. The molecule has 1 saturated carbocycles. The van der Waals surface area contributed by atoms with Crippen LogP contribution in [0, 0.1) is 0 Å². The van der Waals surface area contributed by atoms with Crippen molar-refractivity contribution in [1.82, 2.24) is 15.5 Å². The minimum atomic E-state index is -0.345. The van der Waals surface area contributed by atoms with Gasteiger partial charge in [0.05, 0.1) is 6.04 Å². The fraction of sp³-hybridized carbons (Fsp3) is 0.667.